The molecule has 0 aliphatic heterocycles. The van der Waals surface area contributed by atoms with Crippen molar-refractivity contribution in [1.82, 2.24) is 0 Å². The van der Waals surface area contributed by atoms with Crippen LogP contribution in [0.25, 0.3) is 11.1 Å². The smallest absolute Gasteiger partial charge is 0.0554 e. The fraction of sp³-hybridized carbons (Fsp3) is 0. The summed E-state index contributed by atoms with van der Waals surface area (Å²) in [5.74, 6) is 0. The van der Waals surface area contributed by atoms with Gasteiger partial charge in [-0.1, -0.05) is 57.3 Å². The van der Waals surface area contributed by atoms with Crippen LogP contribution in [-0.2, 0) is 0 Å². The summed E-state index contributed by atoms with van der Waals surface area (Å²) in [6.07, 6.45) is 0. The largest absolute Gasteiger partial charge is 0.0843 e. The minimum Gasteiger partial charge on any atom is -0.0843 e. The minimum atomic E-state index is 0.694. The van der Waals surface area contributed by atoms with Crippen LogP contribution in [0.2, 0.25) is 10.0 Å². The van der Waals surface area contributed by atoms with Gasteiger partial charge in [-0.15, -0.1) is 0 Å². The van der Waals surface area contributed by atoms with Crippen molar-refractivity contribution < 1.29 is 0 Å². The zero-order valence-corrected chi connectivity index (χ0v) is 12.7. The molecule has 0 spiro atoms. The number of halogens is 4. The highest BCUT2D eigenvalue weighted by Crippen LogP contribution is 2.38. The van der Waals surface area contributed by atoms with Gasteiger partial charge in [0.2, 0.25) is 0 Å². The number of hydrogen-bond donors (Lipinski definition) is 0. The van der Waals surface area contributed by atoms with Gasteiger partial charge in [0.1, 0.15) is 0 Å². The Morgan fingerprint density at radius 1 is 0.875 bits per heavy atom. The SMILES string of the molecule is Clc1ccc(-c2cccc(Cl)c2Br)c(Br)c1. The molecule has 16 heavy (non-hydrogen) atoms. The summed E-state index contributed by atoms with van der Waals surface area (Å²) in [4.78, 5) is 0. The van der Waals surface area contributed by atoms with E-state index >= 15 is 0 Å². The molecular weight excluding hydrogens is 375 g/mol. The Labute approximate surface area is 121 Å². The Balaban J connectivity index is 2.63. The molecule has 0 bridgehead atoms. The zero-order valence-electron chi connectivity index (χ0n) is 7.98. The van der Waals surface area contributed by atoms with Gasteiger partial charge in [0.05, 0.1) is 5.02 Å². The third-order valence-electron chi connectivity index (χ3n) is 2.17. The van der Waals surface area contributed by atoms with Crippen molar-refractivity contribution in [1.29, 1.82) is 0 Å². The lowest BCUT2D eigenvalue weighted by Crippen LogP contribution is -1.82. The lowest BCUT2D eigenvalue weighted by molar-refractivity contribution is 1.55. The molecule has 0 heterocycles. The molecule has 0 radical (unpaired) electrons. The molecule has 2 rings (SSSR count). The lowest BCUT2D eigenvalue weighted by atomic mass is 10.1. The third-order valence-corrected chi connectivity index (χ3v) is 4.46. The molecule has 0 saturated carbocycles. The van der Waals surface area contributed by atoms with E-state index in [0.717, 1.165) is 20.1 Å². The van der Waals surface area contributed by atoms with Gasteiger partial charge in [-0.2, -0.15) is 0 Å². The second kappa shape index (κ2) is 5.09. The first kappa shape index (κ1) is 12.4. The molecule has 0 saturated heterocycles. The Bertz CT molecular complexity index is 539. The number of hydrogen-bond acceptors (Lipinski definition) is 0. The van der Waals surface area contributed by atoms with Gasteiger partial charge in [0.25, 0.3) is 0 Å². The van der Waals surface area contributed by atoms with Crippen LogP contribution in [0.5, 0.6) is 0 Å². The van der Waals surface area contributed by atoms with Gasteiger partial charge in [-0.25, -0.2) is 0 Å². The first-order chi connectivity index (χ1) is 7.59. The standard InChI is InChI=1S/C12H6Br2Cl2/c13-10-6-7(15)4-5-8(10)9-2-1-3-11(16)12(9)14/h1-6H. The minimum absolute atomic E-state index is 0.694. The maximum Gasteiger partial charge on any atom is 0.0554 e. The van der Waals surface area contributed by atoms with Gasteiger partial charge in [0, 0.05) is 14.0 Å². The van der Waals surface area contributed by atoms with E-state index in [4.69, 9.17) is 23.2 Å². The van der Waals surface area contributed by atoms with Gasteiger partial charge in [-0.3, -0.25) is 0 Å². The summed E-state index contributed by atoms with van der Waals surface area (Å²) in [6.45, 7) is 0. The molecule has 0 N–H and O–H groups in total. The van der Waals surface area contributed by atoms with Crippen LogP contribution in [0.15, 0.2) is 45.3 Å². The molecule has 2 aromatic carbocycles. The maximum atomic E-state index is 6.06. The van der Waals surface area contributed by atoms with Crippen LogP contribution < -0.4 is 0 Å². The van der Waals surface area contributed by atoms with E-state index in [1.165, 1.54) is 0 Å². The van der Waals surface area contributed by atoms with Gasteiger partial charge >= 0.3 is 0 Å². The fourth-order valence-corrected chi connectivity index (χ4v) is 2.97. The van der Waals surface area contributed by atoms with E-state index < -0.39 is 0 Å². The average Bonchev–Trinajstić information content (AvgIpc) is 2.23. The molecule has 0 aromatic heterocycles. The summed E-state index contributed by atoms with van der Waals surface area (Å²) in [5.41, 5.74) is 2.09. The Hall–Kier alpha value is -0.0200. The van der Waals surface area contributed by atoms with E-state index in [-0.39, 0.29) is 0 Å². The normalized spacial score (nSPS) is 10.5. The van der Waals surface area contributed by atoms with Crippen molar-refractivity contribution in [2.75, 3.05) is 0 Å². The first-order valence-corrected chi connectivity index (χ1v) is 6.83. The monoisotopic (exact) mass is 378 g/mol. The summed E-state index contributed by atoms with van der Waals surface area (Å²) >= 11 is 18.9. The van der Waals surface area contributed by atoms with Crippen LogP contribution in [0.3, 0.4) is 0 Å². The van der Waals surface area contributed by atoms with Crippen LogP contribution in [0.4, 0.5) is 0 Å². The van der Waals surface area contributed by atoms with Crippen molar-refractivity contribution in [3.8, 4) is 11.1 Å². The van der Waals surface area contributed by atoms with Crippen LogP contribution in [0.1, 0.15) is 0 Å². The number of benzene rings is 2. The molecule has 2 aromatic rings. The summed E-state index contributed by atoms with van der Waals surface area (Å²) in [6, 6.07) is 11.5. The maximum absolute atomic E-state index is 6.06. The predicted octanol–water partition coefficient (Wildman–Crippen LogP) is 6.19. The Morgan fingerprint density at radius 2 is 1.62 bits per heavy atom. The molecule has 0 atom stereocenters. The second-order valence-electron chi connectivity index (χ2n) is 3.23. The van der Waals surface area contributed by atoms with E-state index in [9.17, 15) is 0 Å². The zero-order chi connectivity index (χ0) is 11.7. The highest BCUT2D eigenvalue weighted by atomic mass is 79.9. The van der Waals surface area contributed by atoms with Gasteiger partial charge in [-0.05, 0) is 45.3 Å². The van der Waals surface area contributed by atoms with Crippen LogP contribution in [-0.4, -0.2) is 0 Å². The molecule has 0 aliphatic carbocycles. The van der Waals surface area contributed by atoms with Crippen LogP contribution in [0, 0.1) is 0 Å². The van der Waals surface area contributed by atoms with Gasteiger partial charge < -0.3 is 0 Å². The third kappa shape index (κ3) is 2.45. The van der Waals surface area contributed by atoms with E-state index in [2.05, 4.69) is 31.9 Å². The fourth-order valence-electron chi connectivity index (χ4n) is 1.42. The topological polar surface area (TPSA) is 0 Å². The van der Waals surface area contributed by atoms with Crippen molar-refractivity contribution in [2.24, 2.45) is 0 Å². The summed E-state index contributed by atoms with van der Waals surface area (Å²) < 4.78 is 1.84. The van der Waals surface area contributed by atoms with Crippen molar-refractivity contribution in [3.05, 3.63) is 55.4 Å². The van der Waals surface area contributed by atoms with E-state index in [1.807, 2.05) is 36.4 Å². The quantitative estimate of drug-likeness (QED) is 0.553. The molecular formula is C12H6Br2Cl2. The van der Waals surface area contributed by atoms with Crippen molar-refractivity contribution in [2.45, 2.75) is 0 Å². The lowest BCUT2D eigenvalue weighted by Gasteiger charge is -2.08. The Kier molecular flexibility index (Phi) is 3.96. The molecule has 0 aliphatic rings. The molecule has 0 fully saturated rings. The molecule has 0 amide bonds. The number of rotatable bonds is 1. The Morgan fingerprint density at radius 3 is 2.31 bits per heavy atom. The predicted molar refractivity (Wildman–Crippen MR) is 77.3 cm³/mol. The van der Waals surface area contributed by atoms with E-state index in [1.54, 1.807) is 0 Å². The van der Waals surface area contributed by atoms with Crippen LogP contribution >= 0.6 is 55.1 Å². The summed E-state index contributed by atoms with van der Waals surface area (Å²) in [5, 5.41) is 1.40. The molecule has 0 unspecified atom stereocenters. The first-order valence-electron chi connectivity index (χ1n) is 4.49. The highest BCUT2D eigenvalue weighted by Gasteiger charge is 2.09. The molecule has 4 heteroatoms. The van der Waals surface area contributed by atoms with Crippen molar-refractivity contribution in [3.63, 3.8) is 0 Å². The summed E-state index contributed by atoms with van der Waals surface area (Å²) in [7, 11) is 0. The van der Waals surface area contributed by atoms with Crippen molar-refractivity contribution >= 4 is 55.1 Å². The molecule has 0 nitrogen and oxygen atoms in total. The second-order valence-corrected chi connectivity index (χ2v) is 5.72. The average molecular weight is 381 g/mol. The highest BCUT2D eigenvalue weighted by molar-refractivity contribution is 9.11. The molecule has 82 valence electrons. The van der Waals surface area contributed by atoms with Gasteiger partial charge in [0.15, 0.2) is 0 Å². The van der Waals surface area contributed by atoms with E-state index in [0.29, 0.717) is 10.0 Å².